The maximum absolute atomic E-state index is 4.71. The van der Waals surface area contributed by atoms with Gasteiger partial charge in [0, 0.05) is 49.9 Å². The first kappa shape index (κ1) is 24.8. The van der Waals surface area contributed by atoms with Gasteiger partial charge in [-0.2, -0.15) is 0 Å². The van der Waals surface area contributed by atoms with Crippen molar-refractivity contribution in [2.75, 3.05) is 31.1 Å². The van der Waals surface area contributed by atoms with Crippen molar-refractivity contribution in [3.05, 3.63) is 40.0 Å². The summed E-state index contributed by atoms with van der Waals surface area (Å²) >= 11 is 1.80. The molecule has 0 amide bonds. The number of halogens is 1. The van der Waals surface area contributed by atoms with Crippen LogP contribution < -0.4 is 15.5 Å². The summed E-state index contributed by atoms with van der Waals surface area (Å²) in [6.45, 7) is 11.1. The van der Waals surface area contributed by atoms with E-state index in [-0.39, 0.29) is 24.0 Å². The second-order valence-corrected chi connectivity index (χ2v) is 8.84. The monoisotopic (exact) mass is 542 g/mol. The van der Waals surface area contributed by atoms with E-state index >= 15 is 0 Å². The average molecular weight is 543 g/mol. The van der Waals surface area contributed by atoms with Gasteiger partial charge in [0.2, 0.25) is 0 Å². The summed E-state index contributed by atoms with van der Waals surface area (Å²) in [5.41, 5.74) is 1.13. The van der Waals surface area contributed by atoms with Gasteiger partial charge >= 0.3 is 0 Å². The first-order valence-corrected chi connectivity index (χ1v) is 11.6. The van der Waals surface area contributed by atoms with Crippen molar-refractivity contribution >= 4 is 47.1 Å². The summed E-state index contributed by atoms with van der Waals surface area (Å²) in [4.78, 5) is 17.6. The Morgan fingerprint density at radius 1 is 1.17 bits per heavy atom. The van der Waals surface area contributed by atoms with Crippen molar-refractivity contribution in [1.82, 2.24) is 20.6 Å². The molecule has 8 heteroatoms. The lowest BCUT2D eigenvalue weighted by Gasteiger charge is -2.31. The molecule has 166 valence electrons. The Hall–Kier alpha value is -1.42. The third-order valence-corrected chi connectivity index (χ3v) is 6.46. The van der Waals surface area contributed by atoms with Crippen LogP contribution in [0, 0.1) is 5.92 Å². The Morgan fingerprint density at radius 3 is 2.60 bits per heavy atom. The first-order chi connectivity index (χ1) is 14.2. The van der Waals surface area contributed by atoms with Gasteiger partial charge in [-0.05, 0) is 43.7 Å². The Balaban J connectivity index is 0.00000320. The van der Waals surface area contributed by atoms with Crippen molar-refractivity contribution in [2.24, 2.45) is 10.9 Å². The molecular formula is C22H35IN6S. The molecule has 0 aromatic carbocycles. The van der Waals surface area contributed by atoms with Crippen LogP contribution in [0.3, 0.4) is 0 Å². The van der Waals surface area contributed by atoms with Crippen molar-refractivity contribution in [3.63, 3.8) is 0 Å². The number of nitrogens with one attached hydrogen (secondary N) is 2. The van der Waals surface area contributed by atoms with Gasteiger partial charge in [0.15, 0.2) is 5.96 Å². The molecule has 1 aliphatic rings. The molecule has 0 saturated carbocycles. The second kappa shape index (κ2) is 13.1. The Labute approximate surface area is 202 Å². The van der Waals surface area contributed by atoms with Gasteiger partial charge in [-0.1, -0.05) is 19.9 Å². The predicted molar refractivity (Wildman–Crippen MR) is 138 cm³/mol. The molecule has 0 radical (unpaired) electrons. The zero-order chi connectivity index (χ0) is 20.5. The fraction of sp³-hybridized carbons (Fsp3) is 0.591. The van der Waals surface area contributed by atoms with Crippen LogP contribution >= 0.6 is 35.3 Å². The van der Waals surface area contributed by atoms with Crippen molar-refractivity contribution < 1.29 is 0 Å². The lowest BCUT2D eigenvalue weighted by atomic mass is 9.99. The van der Waals surface area contributed by atoms with Crippen molar-refractivity contribution in [1.29, 1.82) is 0 Å². The summed E-state index contributed by atoms with van der Waals surface area (Å²) in [7, 11) is 0. The van der Waals surface area contributed by atoms with E-state index in [1.807, 2.05) is 12.4 Å². The highest BCUT2D eigenvalue weighted by Crippen LogP contribution is 2.21. The van der Waals surface area contributed by atoms with E-state index in [4.69, 9.17) is 4.99 Å². The fourth-order valence-corrected chi connectivity index (χ4v) is 4.22. The molecule has 2 aromatic rings. The lowest BCUT2D eigenvalue weighted by Crippen LogP contribution is -2.38. The SMILES string of the molecule is CCNC(=NCc1ccc(N2CCC(C)CC2)nc1)NCCc1ncc(CC)s1.I. The third-order valence-electron chi connectivity index (χ3n) is 5.26. The largest absolute Gasteiger partial charge is 0.357 e. The summed E-state index contributed by atoms with van der Waals surface area (Å²) in [5, 5.41) is 7.90. The molecule has 3 heterocycles. The predicted octanol–water partition coefficient (Wildman–Crippen LogP) is 4.25. The molecule has 30 heavy (non-hydrogen) atoms. The van der Waals surface area contributed by atoms with E-state index in [0.29, 0.717) is 6.54 Å². The van der Waals surface area contributed by atoms with Crippen LogP contribution in [0.15, 0.2) is 29.5 Å². The topological polar surface area (TPSA) is 65.4 Å². The number of anilines is 1. The summed E-state index contributed by atoms with van der Waals surface area (Å²) < 4.78 is 0. The fourth-order valence-electron chi connectivity index (χ4n) is 3.36. The number of aryl methyl sites for hydroxylation is 1. The second-order valence-electron chi connectivity index (χ2n) is 7.64. The molecular weight excluding hydrogens is 507 g/mol. The minimum absolute atomic E-state index is 0. The van der Waals surface area contributed by atoms with E-state index in [1.54, 1.807) is 11.3 Å². The molecule has 3 rings (SSSR count). The van der Waals surface area contributed by atoms with Gasteiger partial charge in [-0.15, -0.1) is 35.3 Å². The minimum atomic E-state index is 0. The zero-order valence-electron chi connectivity index (χ0n) is 18.4. The number of rotatable bonds is 8. The summed E-state index contributed by atoms with van der Waals surface area (Å²) in [5.74, 6) is 2.76. The van der Waals surface area contributed by atoms with Crippen molar-refractivity contribution in [3.8, 4) is 0 Å². The highest BCUT2D eigenvalue weighted by atomic mass is 127. The molecule has 2 N–H and O–H groups in total. The molecule has 1 saturated heterocycles. The van der Waals surface area contributed by atoms with Gasteiger partial charge in [0.05, 0.1) is 11.6 Å². The number of hydrogen-bond acceptors (Lipinski definition) is 5. The number of nitrogens with zero attached hydrogens (tertiary/aromatic N) is 4. The van der Waals surface area contributed by atoms with Crippen LogP contribution in [0.1, 0.15) is 49.1 Å². The Kier molecular flexibility index (Phi) is 10.8. The van der Waals surface area contributed by atoms with Gasteiger partial charge in [-0.3, -0.25) is 0 Å². The van der Waals surface area contributed by atoms with Crippen LogP contribution in [0.2, 0.25) is 0 Å². The number of aromatic nitrogens is 2. The quantitative estimate of drug-likeness (QED) is 0.297. The first-order valence-electron chi connectivity index (χ1n) is 10.8. The molecule has 2 aromatic heterocycles. The Morgan fingerprint density at radius 2 is 1.97 bits per heavy atom. The molecule has 1 fully saturated rings. The molecule has 0 aliphatic carbocycles. The summed E-state index contributed by atoms with van der Waals surface area (Å²) in [6.07, 6.45) is 8.43. The zero-order valence-corrected chi connectivity index (χ0v) is 21.5. The van der Waals surface area contributed by atoms with Gasteiger partial charge in [-0.25, -0.2) is 15.0 Å². The average Bonchev–Trinajstić information content (AvgIpc) is 3.21. The molecule has 0 unspecified atom stereocenters. The highest BCUT2D eigenvalue weighted by molar-refractivity contribution is 14.0. The normalized spacial score (nSPS) is 15.0. The van der Waals surface area contributed by atoms with Crippen LogP contribution in [0.5, 0.6) is 0 Å². The lowest BCUT2D eigenvalue weighted by molar-refractivity contribution is 0.436. The van der Waals surface area contributed by atoms with E-state index in [1.165, 1.54) is 22.7 Å². The van der Waals surface area contributed by atoms with Gasteiger partial charge in [0.1, 0.15) is 5.82 Å². The number of thiazole rings is 1. The molecule has 6 nitrogen and oxygen atoms in total. The van der Waals surface area contributed by atoms with Crippen LogP contribution in [-0.4, -0.2) is 42.1 Å². The number of hydrogen-bond donors (Lipinski definition) is 2. The van der Waals surface area contributed by atoms with E-state index in [2.05, 4.69) is 58.4 Å². The minimum Gasteiger partial charge on any atom is -0.357 e. The molecule has 0 spiro atoms. The highest BCUT2D eigenvalue weighted by Gasteiger charge is 2.16. The van der Waals surface area contributed by atoms with Crippen molar-refractivity contribution in [2.45, 2.75) is 53.0 Å². The number of aliphatic imine (C=N–C) groups is 1. The third kappa shape index (κ3) is 7.68. The van der Waals surface area contributed by atoms with E-state index in [9.17, 15) is 0 Å². The molecule has 1 aliphatic heterocycles. The van der Waals surface area contributed by atoms with Gasteiger partial charge < -0.3 is 15.5 Å². The number of guanidine groups is 1. The Bertz CT molecular complexity index is 768. The van der Waals surface area contributed by atoms with Crippen LogP contribution in [-0.2, 0) is 19.4 Å². The maximum Gasteiger partial charge on any atom is 0.191 e. The van der Waals surface area contributed by atoms with Crippen LogP contribution in [0.4, 0.5) is 5.82 Å². The molecule has 0 bridgehead atoms. The molecule has 0 atom stereocenters. The van der Waals surface area contributed by atoms with Gasteiger partial charge in [0.25, 0.3) is 0 Å². The smallest absolute Gasteiger partial charge is 0.191 e. The number of pyridine rings is 1. The summed E-state index contributed by atoms with van der Waals surface area (Å²) in [6, 6.07) is 4.28. The van der Waals surface area contributed by atoms with E-state index in [0.717, 1.165) is 62.3 Å². The maximum atomic E-state index is 4.71. The van der Waals surface area contributed by atoms with E-state index < -0.39 is 0 Å². The van der Waals surface area contributed by atoms with Crippen LogP contribution in [0.25, 0.3) is 0 Å². The standard InChI is InChI=1S/C22H34N6S.HI/c1-4-19-16-26-21(29-19)8-11-24-22(23-5-2)27-15-18-6-7-20(25-14-18)28-12-9-17(3)10-13-28;/h6-7,14,16-17H,4-5,8-13,15H2,1-3H3,(H2,23,24,27);1H. The number of piperidine rings is 1.